The Labute approximate surface area is 132 Å². The first kappa shape index (κ1) is 15.7. The van der Waals surface area contributed by atoms with E-state index in [9.17, 15) is 5.11 Å². The first-order valence-corrected chi connectivity index (χ1v) is 7.90. The molecule has 6 heteroatoms. The van der Waals surface area contributed by atoms with Crippen LogP contribution < -0.4 is 0 Å². The number of hydrogen-bond acceptors (Lipinski definition) is 5. The highest BCUT2D eigenvalue weighted by Crippen LogP contribution is 2.25. The number of halogens is 1. The molecular weight excluding hydrogens is 373 g/mol. The van der Waals surface area contributed by atoms with Crippen LogP contribution in [0.4, 0.5) is 0 Å². The number of ether oxygens (including phenoxy) is 2. The molecule has 0 unspecified atom stereocenters. The molecule has 2 rings (SSSR count). The summed E-state index contributed by atoms with van der Waals surface area (Å²) in [6.07, 6.45) is -0.207. The van der Waals surface area contributed by atoms with Gasteiger partial charge in [-0.2, -0.15) is 0 Å². The molecule has 1 aliphatic heterocycles. The molecular formula is C14H18INO4. The summed E-state index contributed by atoms with van der Waals surface area (Å²) in [5, 5.41) is 14.0. The third-order valence-electron chi connectivity index (χ3n) is 3.12. The van der Waals surface area contributed by atoms with Crippen molar-refractivity contribution in [1.82, 2.24) is 0 Å². The highest BCUT2D eigenvalue weighted by Gasteiger charge is 2.43. The number of alkyl halides is 1. The largest absolute Gasteiger partial charge is 0.399 e. The first-order chi connectivity index (χ1) is 9.76. The zero-order valence-corrected chi connectivity index (χ0v) is 13.3. The monoisotopic (exact) mass is 391 g/mol. The lowest BCUT2D eigenvalue weighted by Gasteiger charge is -2.18. The topological polar surface area (TPSA) is 60.3 Å². The van der Waals surface area contributed by atoms with Crippen molar-refractivity contribution < 1.29 is 19.4 Å². The van der Waals surface area contributed by atoms with E-state index < -0.39 is 18.3 Å². The van der Waals surface area contributed by atoms with Crippen LogP contribution in [-0.2, 0) is 20.9 Å². The van der Waals surface area contributed by atoms with Gasteiger partial charge in [-0.15, -0.1) is 0 Å². The van der Waals surface area contributed by atoms with Gasteiger partial charge in [0.25, 0.3) is 0 Å². The second-order valence-corrected chi connectivity index (χ2v) is 5.36. The predicted octanol–water partition coefficient (Wildman–Crippen LogP) is 1.77. The Morgan fingerprint density at radius 2 is 2.15 bits per heavy atom. The SMILES string of the molecule is CO/N=C/[C@@H]1O[C@@H](CI)[C@@H](O)[C@@H]1OCc1ccccc1. The van der Waals surface area contributed by atoms with E-state index in [1.54, 1.807) is 0 Å². The van der Waals surface area contributed by atoms with E-state index in [1.165, 1.54) is 13.3 Å². The van der Waals surface area contributed by atoms with Crippen LogP contribution in [0.2, 0.25) is 0 Å². The van der Waals surface area contributed by atoms with Crippen LogP contribution in [0, 0.1) is 0 Å². The number of oxime groups is 1. The van der Waals surface area contributed by atoms with Gasteiger partial charge in [-0.1, -0.05) is 58.1 Å². The smallest absolute Gasteiger partial charge is 0.125 e. The molecule has 0 saturated carbocycles. The molecule has 0 amide bonds. The van der Waals surface area contributed by atoms with E-state index >= 15 is 0 Å². The fourth-order valence-electron chi connectivity index (χ4n) is 2.09. The average molecular weight is 391 g/mol. The fourth-order valence-corrected chi connectivity index (χ4v) is 2.82. The van der Waals surface area contributed by atoms with Gasteiger partial charge in [0.05, 0.1) is 18.9 Å². The molecule has 4 atom stereocenters. The Balaban J connectivity index is 2.00. The highest BCUT2D eigenvalue weighted by atomic mass is 127. The molecule has 1 heterocycles. The first-order valence-electron chi connectivity index (χ1n) is 6.38. The molecule has 1 N–H and O–H groups in total. The molecule has 1 fully saturated rings. The Morgan fingerprint density at radius 1 is 1.40 bits per heavy atom. The maximum atomic E-state index is 10.2. The Kier molecular flexibility index (Phi) is 6.21. The Bertz CT molecular complexity index is 428. The van der Waals surface area contributed by atoms with Crippen molar-refractivity contribution in [3.05, 3.63) is 35.9 Å². The summed E-state index contributed by atoms with van der Waals surface area (Å²) in [5.74, 6) is 0. The predicted molar refractivity (Wildman–Crippen MR) is 84.1 cm³/mol. The van der Waals surface area contributed by atoms with Crippen molar-refractivity contribution in [3.63, 3.8) is 0 Å². The third-order valence-corrected chi connectivity index (χ3v) is 3.99. The molecule has 5 nitrogen and oxygen atoms in total. The summed E-state index contributed by atoms with van der Waals surface area (Å²) >= 11 is 2.19. The molecule has 1 aromatic carbocycles. The van der Waals surface area contributed by atoms with Crippen molar-refractivity contribution in [1.29, 1.82) is 0 Å². The summed E-state index contributed by atoms with van der Waals surface area (Å²) in [6, 6.07) is 9.83. The van der Waals surface area contributed by atoms with Crippen LogP contribution in [0.3, 0.4) is 0 Å². The Morgan fingerprint density at radius 3 is 2.80 bits per heavy atom. The van der Waals surface area contributed by atoms with Gasteiger partial charge in [0.1, 0.15) is 25.4 Å². The molecule has 0 spiro atoms. The van der Waals surface area contributed by atoms with Crippen LogP contribution in [0.5, 0.6) is 0 Å². The number of hydrogen-bond donors (Lipinski definition) is 1. The molecule has 1 saturated heterocycles. The standard InChI is InChI=1S/C14H18INO4/c1-18-16-8-12-14(13(17)11(7-15)20-12)19-9-10-5-3-2-4-6-10/h2-6,8,11-14,17H,7,9H2,1H3/b16-8+/t11-,12-,13+,14+/m0/s1. The lowest BCUT2D eigenvalue weighted by Crippen LogP contribution is -2.36. The minimum atomic E-state index is -0.663. The van der Waals surface area contributed by atoms with Gasteiger partial charge in [-0.25, -0.2) is 0 Å². The quantitative estimate of drug-likeness (QED) is 0.348. The maximum absolute atomic E-state index is 10.2. The second kappa shape index (κ2) is 7.92. The van der Waals surface area contributed by atoms with E-state index in [0.717, 1.165) is 5.56 Å². The molecule has 110 valence electrons. The number of aliphatic hydroxyl groups excluding tert-OH is 1. The lowest BCUT2D eigenvalue weighted by molar-refractivity contribution is -0.0309. The van der Waals surface area contributed by atoms with Gasteiger partial charge >= 0.3 is 0 Å². The fraction of sp³-hybridized carbons (Fsp3) is 0.500. The van der Waals surface area contributed by atoms with E-state index in [4.69, 9.17) is 9.47 Å². The second-order valence-electron chi connectivity index (χ2n) is 4.48. The van der Waals surface area contributed by atoms with Crippen LogP contribution >= 0.6 is 22.6 Å². The summed E-state index contributed by atoms with van der Waals surface area (Å²) < 4.78 is 12.2. The van der Waals surface area contributed by atoms with E-state index in [-0.39, 0.29) is 6.10 Å². The summed E-state index contributed by atoms with van der Waals surface area (Å²) in [7, 11) is 1.47. The van der Waals surface area contributed by atoms with Crippen LogP contribution in [0.15, 0.2) is 35.5 Å². The molecule has 1 aliphatic rings. The van der Waals surface area contributed by atoms with Crippen molar-refractivity contribution in [2.75, 3.05) is 11.5 Å². The zero-order chi connectivity index (χ0) is 14.4. The number of rotatable bonds is 6. The minimum Gasteiger partial charge on any atom is -0.399 e. The van der Waals surface area contributed by atoms with Crippen molar-refractivity contribution in [3.8, 4) is 0 Å². The van der Waals surface area contributed by atoms with Crippen molar-refractivity contribution in [2.45, 2.75) is 31.0 Å². The van der Waals surface area contributed by atoms with E-state index in [2.05, 4.69) is 32.6 Å². The lowest BCUT2D eigenvalue weighted by atomic mass is 10.1. The van der Waals surface area contributed by atoms with Crippen LogP contribution in [0.1, 0.15) is 5.56 Å². The van der Waals surface area contributed by atoms with Gasteiger partial charge < -0.3 is 19.4 Å². The van der Waals surface area contributed by atoms with Crippen LogP contribution in [-0.4, -0.2) is 47.3 Å². The van der Waals surface area contributed by atoms with Gasteiger partial charge in [-0.05, 0) is 5.56 Å². The number of aliphatic hydroxyl groups is 1. The highest BCUT2D eigenvalue weighted by molar-refractivity contribution is 14.1. The molecule has 0 aromatic heterocycles. The van der Waals surface area contributed by atoms with Gasteiger partial charge in [0.15, 0.2) is 0 Å². The molecule has 20 heavy (non-hydrogen) atoms. The average Bonchev–Trinajstić information content (AvgIpc) is 2.79. The molecule has 0 bridgehead atoms. The summed E-state index contributed by atoms with van der Waals surface area (Å²) in [6.45, 7) is 0.428. The molecule has 1 aromatic rings. The van der Waals surface area contributed by atoms with Gasteiger partial charge in [0, 0.05) is 4.43 Å². The molecule has 0 aliphatic carbocycles. The van der Waals surface area contributed by atoms with Crippen molar-refractivity contribution >= 4 is 28.8 Å². The van der Waals surface area contributed by atoms with Gasteiger partial charge in [-0.3, -0.25) is 0 Å². The third kappa shape index (κ3) is 3.91. The molecule has 0 radical (unpaired) electrons. The number of nitrogens with zero attached hydrogens (tertiary/aromatic N) is 1. The van der Waals surface area contributed by atoms with E-state index in [0.29, 0.717) is 11.0 Å². The zero-order valence-electron chi connectivity index (χ0n) is 11.2. The van der Waals surface area contributed by atoms with Gasteiger partial charge in [0.2, 0.25) is 0 Å². The summed E-state index contributed by atoms with van der Waals surface area (Å²) in [4.78, 5) is 4.67. The number of benzene rings is 1. The van der Waals surface area contributed by atoms with Crippen LogP contribution in [0.25, 0.3) is 0 Å². The summed E-state index contributed by atoms with van der Waals surface area (Å²) in [5.41, 5.74) is 1.06. The minimum absolute atomic E-state index is 0.246. The Hall–Kier alpha value is -0.700. The maximum Gasteiger partial charge on any atom is 0.125 e. The normalized spacial score (nSPS) is 29.9. The van der Waals surface area contributed by atoms with E-state index in [1.807, 2.05) is 30.3 Å². The van der Waals surface area contributed by atoms with Crippen molar-refractivity contribution in [2.24, 2.45) is 5.16 Å².